The summed E-state index contributed by atoms with van der Waals surface area (Å²) >= 11 is 0. The molecule has 3 nitrogen and oxygen atoms in total. The van der Waals surface area contributed by atoms with Crippen LogP contribution in [0.1, 0.15) is 77.9 Å². The SMILES string of the molecule is C[C@H](CC1CCC(c2ccc(C(=O)Oc3cc(F)c(C#N)c(F)c3)cc2)CC1)c1ccccc1. The van der Waals surface area contributed by atoms with Gasteiger partial charge in [0, 0.05) is 12.1 Å². The van der Waals surface area contributed by atoms with Gasteiger partial charge in [-0.05, 0) is 73.1 Å². The van der Waals surface area contributed by atoms with Crippen LogP contribution < -0.4 is 4.74 Å². The van der Waals surface area contributed by atoms with Gasteiger partial charge in [0.05, 0.1) is 5.56 Å². The smallest absolute Gasteiger partial charge is 0.343 e. The van der Waals surface area contributed by atoms with Crippen molar-refractivity contribution in [2.75, 3.05) is 0 Å². The van der Waals surface area contributed by atoms with Gasteiger partial charge < -0.3 is 4.74 Å². The Morgan fingerprint density at radius 3 is 2.21 bits per heavy atom. The third-order valence-corrected chi connectivity index (χ3v) is 6.86. The molecule has 1 fully saturated rings. The molecule has 0 unspecified atom stereocenters. The van der Waals surface area contributed by atoms with Gasteiger partial charge in [0.2, 0.25) is 0 Å². The molecule has 34 heavy (non-hydrogen) atoms. The minimum Gasteiger partial charge on any atom is -0.423 e. The predicted molar refractivity (Wildman–Crippen MR) is 127 cm³/mol. The van der Waals surface area contributed by atoms with Gasteiger partial charge in [0.15, 0.2) is 0 Å². The lowest BCUT2D eigenvalue weighted by Crippen LogP contribution is -2.15. The van der Waals surface area contributed by atoms with E-state index in [1.54, 1.807) is 12.1 Å². The minimum atomic E-state index is -1.06. The van der Waals surface area contributed by atoms with E-state index < -0.39 is 23.2 Å². The molecule has 1 atom stereocenters. The Balaban J connectivity index is 1.32. The third-order valence-electron chi connectivity index (χ3n) is 6.86. The fourth-order valence-corrected chi connectivity index (χ4v) is 4.92. The highest BCUT2D eigenvalue weighted by Crippen LogP contribution is 2.39. The largest absolute Gasteiger partial charge is 0.423 e. The summed E-state index contributed by atoms with van der Waals surface area (Å²) in [5, 5.41) is 8.75. The van der Waals surface area contributed by atoms with Crippen LogP contribution in [-0.4, -0.2) is 5.97 Å². The molecule has 0 spiro atoms. The first-order chi connectivity index (χ1) is 16.4. The molecule has 3 aromatic rings. The van der Waals surface area contributed by atoms with Crippen molar-refractivity contribution < 1.29 is 18.3 Å². The first-order valence-corrected chi connectivity index (χ1v) is 11.7. The highest BCUT2D eigenvalue weighted by atomic mass is 19.1. The van der Waals surface area contributed by atoms with Gasteiger partial charge in [-0.2, -0.15) is 5.26 Å². The molecule has 0 aromatic heterocycles. The summed E-state index contributed by atoms with van der Waals surface area (Å²) in [6, 6.07) is 21.0. The van der Waals surface area contributed by atoms with E-state index in [-0.39, 0.29) is 5.75 Å². The van der Waals surface area contributed by atoms with E-state index in [0.717, 1.165) is 30.9 Å². The van der Waals surface area contributed by atoms with Crippen LogP contribution in [0.4, 0.5) is 8.78 Å². The van der Waals surface area contributed by atoms with Crippen molar-refractivity contribution >= 4 is 5.97 Å². The maximum Gasteiger partial charge on any atom is 0.343 e. The number of hydrogen-bond donors (Lipinski definition) is 0. The van der Waals surface area contributed by atoms with Crippen molar-refractivity contribution in [2.24, 2.45) is 5.92 Å². The maximum atomic E-state index is 13.8. The fraction of sp³-hybridized carbons (Fsp3) is 0.310. The van der Waals surface area contributed by atoms with Gasteiger partial charge in [-0.3, -0.25) is 0 Å². The number of halogens is 2. The molecule has 1 saturated carbocycles. The summed E-state index contributed by atoms with van der Waals surface area (Å²) in [6.45, 7) is 2.31. The molecule has 174 valence electrons. The summed E-state index contributed by atoms with van der Waals surface area (Å²) < 4.78 is 32.6. The van der Waals surface area contributed by atoms with Crippen molar-refractivity contribution in [2.45, 2.75) is 50.9 Å². The molecule has 4 rings (SSSR count). The molecule has 0 saturated heterocycles. The number of esters is 1. The molecule has 0 heterocycles. The van der Waals surface area contributed by atoms with Crippen LogP contribution in [0.5, 0.6) is 5.75 Å². The first kappa shape index (κ1) is 23.6. The third kappa shape index (κ3) is 5.51. The predicted octanol–water partition coefficient (Wildman–Crippen LogP) is 7.52. The molecule has 1 aliphatic carbocycles. The van der Waals surface area contributed by atoms with E-state index in [9.17, 15) is 13.6 Å². The van der Waals surface area contributed by atoms with Crippen LogP contribution >= 0.6 is 0 Å². The Bertz CT molecular complexity index is 1150. The number of nitrogens with zero attached hydrogens (tertiary/aromatic N) is 1. The number of ether oxygens (including phenoxy) is 1. The highest BCUT2D eigenvalue weighted by Gasteiger charge is 2.24. The van der Waals surface area contributed by atoms with Gasteiger partial charge in [-0.15, -0.1) is 0 Å². The van der Waals surface area contributed by atoms with E-state index in [1.165, 1.54) is 36.5 Å². The quantitative estimate of drug-likeness (QED) is 0.283. The second-order valence-electron chi connectivity index (χ2n) is 9.15. The normalized spacial score (nSPS) is 18.6. The van der Waals surface area contributed by atoms with Crippen LogP contribution in [0.15, 0.2) is 66.7 Å². The Kier molecular flexibility index (Phi) is 7.37. The number of rotatable bonds is 6. The molecule has 0 bridgehead atoms. The Labute approximate surface area is 199 Å². The van der Waals surface area contributed by atoms with E-state index in [2.05, 4.69) is 37.3 Å². The minimum absolute atomic E-state index is 0.272. The van der Waals surface area contributed by atoms with Crippen molar-refractivity contribution in [3.05, 3.63) is 101 Å². The summed E-state index contributed by atoms with van der Waals surface area (Å²) in [5.41, 5.74) is 2.20. The number of benzene rings is 3. The van der Waals surface area contributed by atoms with E-state index >= 15 is 0 Å². The average Bonchev–Trinajstić information content (AvgIpc) is 2.85. The standard InChI is InChI=1S/C29H27F2NO2/c1-19(21-5-3-2-4-6-21)15-20-7-9-22(10-8-20)23-11-13-24(14-12-23)29(33)34-25-16-27(30)26(18-32)28(31)17-25/h2-6,11-14,16-17,19-20,22H,7-10,15H2,1H3/t19-,20?,22?/m1/s1. The molecule has 0 aliphatic heterocycles. The lowest BCUT2D eigenvalue weighted by atomic mass is 9.75. The molecule has 5 heteroatoms. The van der Waals surface area contributed by atoms with Gasteiger partial charge in [0.25, 0.3) is 0 Å². The zero-order valence-electron chi connectivity index (χ0n) is 19.1. The summed E-state index contributed by atoms with van der Waals surface area (Å²) in [5.74, 6) is -1.33. The van der Waals surface area contributed by atoms with Crippen LogP contribution in [0, 0.1) is 28.9 Å². The second-order valence-corrected chi connectivity index (χ2v) is 9.15. The van der Waals surface area contributed by atoms with Crippen molar-refractivity contribution in [1.82, 2.24) is 0 Å². The summed E-state index contributed by atoms with van der Waals surface area (Å²) in [4.78, 5) is 12.4. The Hall–Kier alpha value is -3.52. The van der Waals surface area contributed by atoms with Crippen LogP contribution in [0.25, 0.3) is 0 Å². The Morgan fingerprint density at radius 2 is 1.62 bits per heavy atom. The van der Waals surface area contributed by atoms with Crippen LogP contribution in [0.2, 0.25) is 0 Å². The van der Waals surface area contributed by atoms with Gasteiger partial charge >= 0.3 is 5.97 Å². The molecule has 3 aromatic carbocycles. The molecular formula is C29H27F2NO2. The number of carbonyl (C=O) groups excluding carboxylic acids is 1. The van der Waals surface area contributed by atoms with E-state index in [0.29, 0.717) is 17.4 Å². The molecule has 0 radical (unpaired) electrons. The zero-order chi connectivity index (χ0) is 24.1. The average molecular weight is 460 g/mol. The zero-order valence-corrected chi connectivity index (χ0v) is 19.1. The molecule has 0 N–H and O–H groups in total. The topological polar surface area (TPSA) is 50.1 Å². The van der Waals surface area contributed by atoms with Crippen molar-refractivity contribution in [3.8, 4) is 11.8 Å². The number of hydrogen-bond acceptors (Lipinski definition) is 3. The van der Waals surface area contributed by atoms with Crippen LogP contribution in [0.3, 0.4) is 0 Å². The molecular weight excluding hydrogens is 432 g/mol. The number of nitriles is 1. The summed E-state index contributed by atoms with van der Waals surface area (Å²) in [7, 11) is 0. The Morgan fingerprint density at radius 1 is 1.00 bits per heavy atom. The van der Waals surface area contributed by atoms with Gasteiger partial charge in [-0.25, -0.2) is 13.6 Å². The van der Waals surface area contributed by atoms with Gasteiger partial charge in [-0.1, -0.05) is 49.4 Å². The second kappa shape index (κ2) is 10.6. The lowest BCUT2D eigenvalue weighted by Gasteiger charge is -2.30. The highest BCUT2D eigenvalue weighted by molar-refractivity contribution is 5.91. The monoisotopic (exact) mass is 459 g/mol. The fourth-order valence-electron chi connectivity index (χ4n) is 4.92. The first-order valence-electron chi connectivity index (χ1n) is 11.7. The summed E-state index contributed by atoms with van der Waals surface area (Å²) in [6.07, 6.45) is 5.85. The molecule has 0 amide bonds. The van der Waals surface area contributed by atoms with Crippen molar-refractivity contribution in [1.29, 1.82) is 5.26 Å². The van der Waals surface area contributed by atoms with E-state index in [1.807, 2.05) is 12.1 Å². The van der Waals surface area contributed by atoms with Crippen molar-refractivity contribution in [3.63, 3.8) is 0 Å². The van der Waals surface area contributed by atoms with Gasteiger partial charge in [0.1, 0.15) is 29.0 Å². The maximum absolute atomic E-state index is 13.8. The lowest BCUT2D eigenvalue weighted by molar-refractivity contribution is 0.0734. The van der Waals surface area contributed by atoms with E-state index in [4.69, 9.17) is 10.00 Å². The number of carbonyl (C=O) groups is 1. The van der Waals surface area contributed by atoms with Crippen LogP contribution in [-0.2, 0) is 0 Å². The molecule has 1 aliphatic rings.